The predicted molar refractivity (Wildman–Crippen MR) is 44.9 cm³/mol. The Balaban J connectivity index is 2.90. The zero-order chi connectivity index (χ0) is 8.27. The largest absolute Gasteiger partial charge is 0.396 e. The summed E-state index contributed by atoms with van der Waals surface area (Å²) >= 11 is 3.14. The van der Waals surface area contributed by atoms with E-state index in [1.54, 1.807) is 12.1 Å². The van der Waals surface area contributed by atoms with E-state index in [9.17, 15) is 4.39 Å². The summed E-state index contributed by atoms with van der Waals surface area (Å²) in [6, 6.07) is 4.81. The SMILES string of the molecule is OCCc1ccc(Br)cc1F. The van der Waals surface area contributed by atoms with Gasteiger partial charge in [-0.25, -0.2) is 4.39 Å². The van der Waals surface area contributed by atoms with Gasteiger partial charge in [0.1, 0.15) is 5.82 Å². The maximum Gasteiger partial charge on any atom is 0.127 e. The lowest BCUT2D eigenvalue weighted by atomic mass is 10.1. The lowest BCUT2D eigenvalue weighted by Gasteiger charge is -1.99. The number of aliphatic hydroxyl groups is 1. The van der Waals surface area contributed by atoms with Gasteiger partial charge in [-0.1, -0.05) is 22.0 Å². The number of rotatable bonds is 2. The topological polar surface area (TPSA) is 20.2 Å². The van der Waals surface area contributed by atoms with E-state index >= 15 is 0 Å². The molecular weight excluding hydrogens is 211 g/mol. The average molecular weight is 219 g/mol. The molecule has 0 aliphatic rings. The first-order chi connectivity index (χ1) is 5.24. The standard InChI is InChI=1S/C8H8BrFO/c9-7-2-1-6(3-4-11)8(10)5-7/h1-2,5,11H,3-4H2. The second kappa shape index (κ2) is 3.83. The summed E-state index contributed by atoms with van der Waals surface area (Å²) < 4.78 is 13.6. The van der Waals surface area contributed by atoms with Gasteiger partial charge in [0.15, 0.2) is 0 Å². The predicted octanol–water partition coefficient (Wildman–Crippen LogP) is 2.12. The van der Waals surface area contributed by atoms with Crippen LogP contribution in [0.15, 0.2) is 22.7 Å². The second-order valence-electron chi connectivity index (χ2n) is 2.21. The fraction of sp³-hybridized carbons (Fsp3) is 0.250. The summed E-state index contributed by atoms with van der Waals surface area (Å²) in [5.41, 5.74) is 0.552. The zero-order valence-corrected chi connectivity index (χ0v) is 7.44. The molecule has 0 aliphatic carbocycles. The first-order valence-electron chi connectivity index (χ1n) is 3.29. The minimum Gasteiger partial charge on any atom is -0.396 e. The van der Waals surface area contributed by atoms with Gasteiger partial charge in [-0.3, -0.25) is 0 Å². The quantitative estimate of drug-likeness (QED) is 0.807. The molecule has 0 saturated heterocycles. The van der Waals surface area contributed by atoms with Crippen LogP contribution in [0.2, 0.25) is 0 Å². The van der Waals surface area contributed by atoms with Gasteiger partial charge in [0.05, 0.1) is 0 Å². The van der Waals surface area contributed by atoms with Gasteiger partial charge >= 0.3 is 0 Å². The van der Waals surface area contributed by atoms with Crippen molar-refractivity contribution in [3.63, 3.8) is 0 Å². The monoisotopic (exact) mass is 218 g/mol. The highest BCUT2D eigenvalue weighted by Gasteiger charge is 2.00. The summed E-state index contributed by atoms with van der Waals surface area (Å²) in [5.74, 6) is -0.270. The molecule has 11 heavy (non-hydrogen) atoms. The molecule has 1 aromatic rings. The molecule has 0 aromatic heterocycles. The first-order valence-corrected chi connectivity index (χ1v) is 4.08. The molecule has 60 valence electrons. The van der Waals surface area contributed by atoms with Gasteiger partial charge in [0.25, 0.3) is 0 Å². The molecule has 1 N–H and O–H groups in total. The molecule has 0 heterocycles. The van der Waals surface area contributed by atoms with E-state index in [0.29, 0.717) is 12.0 Å². The lowest BCUT2D eigenvalue weighted by molar-refractivity contribution is 0.297. The Labute approximate surface area is 73.0 Å². The minimum absolute atomic E-state index is 0.0153. The van der Waals surface area contributed by atoms with Gasteiger partial charge in [0, 0.05) is 11.1 Å². The van der Waals surface area contributed by atoms with Crippen LogP contribution in [0.4, 0.5) is 4.39 Å². The molecule has 1 rings (SSSR count). The molecule has 0 amide bonds. The summed E-state index contributed by atoms with van der Waals surface area (Å²) in [7, 11) is 0. The van der Waals surface area contributed by atoms with E-state index in [1.165, 1.54) is 6.07 Å². The Bertz CT molecular complexity index is 250. The van der Waals surface area contributed by atoms with Crippen LogP contribution in [0, 0.1) is 5.82 Å². The van der Waals surface area contributed by atoms with Crippen molar-refractivity contribution in [1.29, 1.82) is 0 Å². The maximum absolute atomic E-state index is 12.9. The van der Waals surface area contributed by atoms with E-state index < -0.39 is 0 Å². The highest BCUT2D eigenvalue weighted by atomic mass is 79.9. The van der Waals surface area contributed by atoms with E-state index in [1.807, 2.05) is 0 Å². The molecule has 0 radical (unpaired) electrons. The Hall–Kier alpha value is -0.410. The molecule has 1 nitrogen and oxygen atoms in total. The van der Waals surface area contributed by atoms with Crippen LogP contribution in [0.25, 0.3) is 0 Å². The summed E-state index contributed by atoms with van der Waals surface area (Å²) in [5, 5.41) is 8.54. The molecule has 0 fully saturated rings. The van der Waals surface area contributed by atoms with Crippen LogP contribution in [-0.2, 0) is 6.42 Å². The fourth-order valence-electron chi connectivity index (χ4n) is 0.845. The van der Waals surface area contributed by atoms with E-state index in [-0.39, 0.29) is 12.4 Å². The normalized spacial score (nSPS) is 10.1. The Morgan fingerprint density at radius 2 is 2.18 bits per heavy atom. The first kappa shape index (κ1) is 8.68. The summed E-state index contributed by atoms with van der Waals surface area (Å²) in [6.45, 7) is -0.0153. The Morgan fingerprint density at radius 1 is 1.45 bits per heavy atom. The third-order valence-electron chi connectivity index (χ3n) is 1.40. The fourth-order valence-corrected chi connectivity index (χ4v) is 1.18. The number of hydrogen-bond donors (Lipinski definition) is 1. The summed E-state index contributed by atoms with van der Waals surface area (Å²) in [6.07, 6.45) is 0.374. The van der Waals surface area contributed by atoms with Crippen molar-refractivity contribution in [3.05, 3.63) is 34.1 Å². The Morgan fingerprint density at radius 3 is 2.73 bits per heavy atom. The molecule has 0 saturated carbocycles. The van der Waals surface area contributed by atoms with Gasteiger partial charge in [-0.15, -0.1) is 0 Å². The van der Waals surface area contributed by atoms with Crippen molar-refractivity contribution in [2.45, 2.75) is 6.42 Å². The molecule has 1 aromatic carbocycles. The molecule has 0 aliphatic heterocycles. The van der Waals surface area contributed by atoms with Crippen molar-refractivity contribution in [2.75, 3.05) is 6.61 Å². The van der Waals surface area contributed by atoms with Gasteiger partial charge in [-0.05, 0) is 24.1 Å². The van der Waals surface area contributed by atoms with Crippen LogP contribution in [0.3, 0.4) is 0 Å². The van der Waals surface area contributed by atoms with Crippen molar-refractivity contribution in [3.8, 4) is 0 Å². The van der Waals surface area contributed by atoms with Crippen LogP contribution in [0.1, 0.15) is 5.56 Å². The zero-order valence-electron chi connectivity index (χ0n) is 5.85. The van der Waals surface area contributed by atoms with Crippen LogP contribution in [-0.4, -0.2) is 11.7 Å². The number of hydrogen-bond acceptors (Lipinski definition) is 1. The smallest absolute Gasteiger partial charge is 0.127 e. The van der Waals surface area contributed by atoms with Gasteiger partial charge in [-0.2, -0.15) is 0 Å². The van der Waals surface area contributed by atoms with E-state index in [2.05, 4.69) is 15.9 Å². The lowest BCUT2D eigenvalue weighted by Crippen LogP contribution is -1.93. The van der Waals surface area contributed by atoms with Crippen molar-refractivity contribution in [2.24, 2.45) is 0 Å². The highest BCUT2D eigenvalue weighted by Crippen LogP contribution is 2.15. The minimum atomic E-state index is -0.270. The Kier molecular flexibility index (Phi) is 3.02. The highest BCUT2D eigenvalue weighted by molar-refractivity contribution is 9.10. The van der Waals surface area contributed by atoms with E-state index in [0.717, 1.165) is 4.47 Å². The average Bonchev–Trinajstić information content (AvgIpc) is 1.95. The molecule has 0 atom stereocenters. The van der Waals surface area contributed by atoms with E-state index in [4.69, 9.17) is 5.11 Å². The second-order valence-corrected chi connectivity index (χ2v) is 3.13. The van der Waals surface area contributed by atoms with Crippen LogP contribution >= 0.6 is 15.9 Å². The maximum atomic E-state index is 12.9. The third-order valence-corrected chi connectivity index (χ3v) is 1.89. The molecule has 0 spiro atoms. The molecule has 0 bridgehead atoms. The van der Waals surface area contributed by atoms with Crippen LogP contribution < -0.4 is 0 Å². The van der Waals surface area contributed by atoms with Crippen molar-refractivity contribution in [1.82, 2.24) is 0 Å². The van der Waals surface area contributed by atoms with Crippen molar-refractivity contribution < 1.29 is 9.50 Å². The van der Waals surface area contributed by atoms with Crippen molar-refractivity contribution >= 4 is 15.9 Å². The van der Waals surface area contributed by atoms with Gasteiger partial charge < -0.3 is 5.11 Å². The van der Waals surface area contributed by atoms with Crippen LogP contribution in [0.5, 0.6) is 0 Å². The number of benzene rings is 1. The number of halogens is 2. The molecule has 0 unspecified atom stereocenters. The summed E-state index contributed by atoms with van der Waals surface area (Å²) in [4.78, 5) is 0. The third kappa shape index (κ3) is 2.27. The van der Waals surface area contributed by atoms with Gasteiger partial charge in [0.2, 0.25) is 0 Å². The molecule has 3 heteroatoms. The molecular formula is C8H8BrFO. The number of aliphatic hydroxyl groups excluding tert-OH is 1.